The fourth-order valence-corrected chi connectivity index (χ4v) is 2.26. The van der Waals surface area contributed by atoms with Crippen LogP contribution >= 0.6 is 22.9 Å². The summed E-state index contributed by atoms with van der Waals surface area (Å²) in [5.74, 6) is -0.274. The van der Waals surface area contributed by atoms with E-state index in [1.165, 1.54) is 12.8 Å². The monoisotopic (exact) mass is 327 g/mol. The summed E-state index contributed by atoms with van der Waals surface area (Å²) in [5, 5.41) is 9.10. The van der Waals surface area contributed by atoms with E-state index in [4.69, 9.17) is 5.11 Å². The van der Waals surface area contributed by atoms with Gasteiger partial charge in [0.1, 0.15) is 6.04 Å². The van der Waals surface area contributed by atoms with Crippen LogP contribution in [-0.4, -0.2) is 26.8 Å². The number of carbonyl (C=O) groups is 1. The van der Waals surface area contributed by atoms with Gasteiger partial charge < -0.3 is 5.11 Å². The van der Waals surface area contributed by atoms with Gasteiger partial charge in [0.15, 0.2) is 0 Å². The minimum Gasteiger partial charge on any atom is -0.480 e. The number of hydrogen-bond acceptors (Lipinski definition) is 2. The third-order valence-corrected chi connectivity index (χ3v) is 3.45. The molecule has 0 aromatic carbocycles. The lowest BCUT2D eigenvalue weighted by molar-refractivity contribution is -0.141. The molecule has 0 radical (unpaired) electrons. The van der Waals surface area contributed by atoms with E-state index in [0.29, 0.717) is 5.92 Å². The molecule has 15 heavy (non-hydrogen) atoms. The highest BCUT2D eigenvalue weighted by atomic mass is 127. The topological polar surface area (TPSA) is 40.5 Å². The number of carboxylic acids is 1. The number of hydrogen-bond donors (Lipinski definition) is 1. The van der Waals surface area contributed by atoms with Gasteiger partial charge in [0, 0.05) is 29.4 Å². The van der Waals surface area contributed by atoms with Crippen LogP contribution in [-0.2, 0) is 4.79 Å². The molecule has 0 aliphatic rings. The first-order valence-electron chi connectivity index (χ1n) is 5.64. The Hall–Kier alpha value is 0.160. The van der Waals surface area contributed by atoms with Gasteiger partial charge in [-0.25, -0.2) is 3.11 Å². The van der Waals surface area contributed by atoms with E-state index in [1.807, 2.05) is 3.11 Å². The fourth-order valence-electron chi connectivity index (χ4n) is 1.45. The molecule has 1 N–H and O–H groups in total. The average molecular weight is 327 g/mol. The van der Waals surface area contributed by atoms with Gasteiger partial charge in [-0.3, -0.25) is 4.79 Å². The van der Waals surface area contributed by atoms with Crippen molar-refractivity contribution in [2.45, 2.75) is 52.5 Å². The molecule has 0 amide bonds. The summed E-state index contributed by atoms with van der Waals surface area (Å²) in [7, 11) is 0. The maximum atomic E-state index is 11.1. The average Bonchev–Trinajstić information content (AvgIpc) is 2.13. The first-order chi connectivity index (χ1) is 6.99. The highest BCUT2D eigenvalue weighted by Gasteiger charge is 2.24. The fraction of sp³-hybridized carbons (Fsp3) is 0.909. The summed E-state index contributed by atoms with van der Waals surface area (Å²) < 4.78 is 1.94. The van der Waals surface area contributed by atoms with Crippen LogP contribution in [0, 0.1) is 5.92 Å². The lowest BCUT2D eigenvalue weighted by Gasteiger charge is -2.23. The summed E-state index contributed by atoms with van der Waals surface area (Å²) in [6, 6.07) is -0.331. The lowest BCUT2D eigenvalue weighted by atomic mass is 10.0. The van der Waals surface area contributed by atoms with E-state index < -0.39 is 5.97 Å². The number of rotatable bonds is 8. The second-order valence-corrected chi connectivity index (χ2v) is 5.55. The van der Waals surface area contributed by atoms with E-state index in [2.05, 4.69) is 43.6 Å². The number of unbranched alkanes of at least 4 members (excludes halogenated alkanes) is 2. The molecule has 0 rings (SSSR count). The van der Waals surface area contributed by atoms with Crippen molar-refractivity contribution in [3.8, 4) is 0 Å². The van der Waals surface area contributed by atoms with E-state index in [9.17, 15) is 4.79 Å². The van der Waals surface area contributed by atoms with Crippen molar-refractivity contribution >= 4 is 28.8 Å². The highest BCUT2D eigenvalue weighted by Crippen LogP contribution is 2.17. The predicted octanol–water partition coefficient (Wildman–Crippen LogP) is 3.33. The molecule has 0 saturated heterocycles. The smallest absolute Gasteiger partial charge is 0.321 e. The second kappa shape index (κ2) is 8.33. The molecule has 0 aliphatic carbocycles. The molecule has 0 aromatic rings. The van der Waals surface area contributed by atoms with Crippen LogP contribution < -0.4 is 0 Å². The Morgan fingerprint density at radius 2 is 2.00 bits per heavy atom. The standard InChI is InChI=1S/C11H22INO2/c1-4-5-6-7-13(12)10(11(14)15)8-9(2)3/h9-10H,4-8H2,1-3H3,(H,14,15). The maximum absolute atomic E-state index is 11.1. The summed E-state index contributed by atoms with van der Waals surface area (Å²) >= 11 is 2.14. The van der Waals surface area contributed by atoms with Gasteiger partial charge in [0.25, 0.3) is 0 Å². The van der Waals surface area contributed by atoms with Crippen LogP contribution in [0.4, 0.5) is 0 Å². The Balaban J connectivity index is 4.05. The zero-order chi connectivity index (χ0) is 11.8. The second-order valence-electron chi connectivity index (χ2n) is 4.31. The molecule has 0 aliphatic heterocycles. The summed E-state index contributed by atoms with van der Waals surface area (Å²) in [4.78, 5) is 11.1. The van der Waals surface area contributed by atoms with E-state index in [0.717, 1.165) is 19.4 Å². The molecular formula is C11H22INO2. The summed E-state index contributed by atoms with van der Waals surface area (Å²) in [6.07, 6.45) is 4.16. The van der Waals surface area contributed by atoms with Crippen LogP contribution in [0.1, 0.15) is 46.5 Å². The molecule has 3 nitrogen and oxygen atoms in total. The van der Waals surface area contributed by atoms with Crippen LogP contribution in [0.2, 0.25) is 0 Å². The normalized spacial score (nSPS) is 13.5. The zero-order valence-electron chi connectivity index (χ0n) is 9.87. The van der Waals surface area contributed by atoms with Crippen molar-refractivity contribution in [1.29, 1.82) is 0 Å². The number of carboxylic acid groups (broad SMARTS) is 1. The Kier molecular flexibility index (Phi) is 8.42. The Bertz CT molecular complexity index is 185. The molecule has 4 heteroatoms. The van der Waals surface area contributed by atoms with E-state index in [1.54, 1.807) is 0 Å². The molecule has 0 bridgehead atoms. The van der Waals surface area contributed by atoms with Crippen LogP contribution in [0.25, 0.3) is 0 Å². The highest BCUT2D eigenvalue weighted by molar-refractivity contribution is 14.1. The van der Waals surface area contributed by atoms with E-state index in [-0.39, 0.29) is 6.04 Å². The van der Waals surface area contributed by atoms with Gasteiger partial charge in [0.2, 0.25) is 0 Å². The van der Waals surface area contributed by atoms with Gasteiger partial charge >= 0.3 is 5.97 Å². The minimum absolute atomic E-state index is 0.331. The predicted molar refractivity (Wildman–Crippen MR) is 71.1 cm³/mol. The molecule has 1 unspecified atom stereocenters. The number of halogens is 1. The van der Waals surface area contributed by atoms with Gasteiger partial charge in [-0.05, 0) is 18.8 Å². The molecule has 0 saturated carbocycles. The van der Waals surface area contributed by atoms with Gasteiger partial charge in [0.05, 0.1) is 0 Å². The molecule has 1 atom stereocenters. The van der Waals surface area contributed by atoms with Gasteiger partial charge in [-0.1, -0.05) is 33.6 Å². The first kappa shape index (κ1) is 15.2. The number of nitrogens with zero attached hydrogens (tertiary/aromatic N) is 1. The minimum atomic E-state index is -0.699. The molecule has 0 spiro atoms. The molecular weight excluding hydrogens is 305 g/mol. The third-order valence-electron chi connectivity index (χ3n) is 2.29. The van der Waals surface area contributed by atoms with Crippen LogP contribution in [0.3, 0.4) is 0 Å². The van der Waals surface area contributed by atoms with Crippen molar-refractivity contribution < 1.29 is 9.90 Å². The van der Waals surface area contributed by atoms with Crippen LogP contribution in [0.5, 0.6) is 0 Å². The summed E-state index contributed by atoms with van der Waals surface area (Å²) in [5.41, 5.74) is 0. The Morgan fingerprint density at radius 3 is 2.40 bits per heavy atom. The van der Waals surface area contributed by atoms with Gasteiger partial charge in [-0.2, -0.15) is 0 Å². The van der Waals surface area contributed by atoms with Crippen molar-refractivity contribution in [2.75, 3.05) is 6.54 Å². The SMILES string of the molecule is CCCCCN(I)C(CC(C)C)C(=O)O. The van der Waals surface area contributed by atoms with Crippen molar-refractivity contribution in [3.63, 3.8) is 0 Å². The Morgan fingerprint density at radius 1 is 1.40 bits per heavy atom. The number of aliphatic carboxylic acids is 1. The lowest BCUT2D eigenvalue weighted by Crippen LogP contribution is -2.36. The summed E-state index contributed by atoms with van der Waals surface area (Å²) in [6.45, 7) is 7.15. The van der Waals surface area contributed by atoms with Crippen LogP contribution in [0.15, 0.2) is 0 Å². The zero-order valence-corrected chi connectivity index (χ0v) is 12.0. The molecule has 90 valence electrons. The molecule has 0 heterocycles. The molecule has 0 aromatic heterocycles. The van der Waals surface area contributed by atoms with Crippen molar-refractivity contribution in [1.82, 2.24) is 3.11 Å². The maximum Gasteiger partial charge on any atom is 0.321 e. The third kappa shape index (κ3) is 7.11. The Labute approximate surface area is 107 Å². The quantitative estimate of drug-likeness (QED) is 0.422. The van der Waals surface area contributed by atoms with Crippen molar-refractivity contribution in [2.24, 2.45) is 5.92 Å². The first-order valence-corrected chi connectivity index (χ1v) is 6.60. The van der Waals surface area contributed by atoms with Crippen molar-refractivity contribution in [3.05, 3.63) is 0 Å². The van der Waals surface area contributed by atoms with Gasteiger partial charge in [-0.15, -0.1) is 0 Å². The largest absolute Gasteiger partial charge is 0.480 e. The molecule has 0 fully saturated rings. The van der Waals surface area contributed by atoms with E-state index >= 15 is 0 Å².